The van der Waals surface area contributed by atoms with Gasteiger partial charge in [0.1, 0.15) is 11.3 Å². The molecule has 0 radical (unpaired) electrons. The van der Waals surface area contributed by atoms with Gasteiger partial charge in [0, 0.05) is 21.5 Å². The number of aromatic nitrogens is 1. The summed E-state index contributed by atoms with van der Waals surface area (Å²) in [6.45, 7) is 5.63. The Balaban J connectivity index is 1.76. The lowest BCUT2D eigenvalue weighted by Gasteiger charge is -2.26. The third-order valence-electron chi connectivity index (χ3n) is 5.38. The van der Waals surface area contributed by atoms with Gasteiger partial charge in [0.05, 0.1) is 5.69 Å². The number of imide groups is 2. The summed E-state index contributed by atoms with van der Waals surface area (Å²) in [5.74, 6) is -1.26. The van der Waals surface area contributed by atoms with Crippen LogP contribution in [0.1, 0.15) is 22.5 Å². The van der Waals surface area contributed by atoms with Crippen molar-refractivity contribution in [3.05, 3.63) is 81.1 Å². The van der Waals surface area contributed by atoms with Crippen molar-refractivity contribution in [2.75, 3.05) is 4.90 Å². The number of urea groups is 1. The zero-order valence-electron chi connectivity index (χ0n) is 17.6. The van der Waals surface area contributed by atoms with Gasteiger partial charge in [-0.2, -0.15) is 0 Å². The van der Waals surface area contributed by atoms with E-state index in [0.717, 1.165) is 32.0 Å². The molecular formula is C24H20BrN3O4. The molecule has 0 spiro atoms. The van der Waals surface area contributed by atoms with E-state index in [9.17, 15) is 19.5 Å². The molecule has 0 unspecified atom stereocenters. The number of aryl methyl sites for hydroxylation is 2. The SMILES string of the molecule is Cc1cc(N2C(=O)NC(=O)/C(=C\c3cc(C)n(-c4ccc(O)cc4)c3C)C2=O)ccc1Br. The second-order valence-corrected chi connectivity index (χ2v) is 8.42. The minimum absolute atomic E-state index is 0.129. The van der Waals surface area contributed by atoms with E-state index in [1.165, 1.54) is 6.08 Å². The topological polar surface area (TPSA) is 91.6 Å². The van der Waals surface area contributed by atoms with Crippen LogP contribution in [0.4, 0.5) is 10.5 Å². The summed E-state index contributed by atoms with van der Waals surface area (Å²) in [7, 11) is 0. The van der Waals surface area contributed by atoms with E-state index in [1.54, 1.807) is 42.5 Å². The summed E-state index contributed by atoms with van der Waals surface area (Å²) in [5.41, 5.74) is 4.31. The molecular weight excluding hydrogens is 474 g/mol. The lowest BCUT2D eigenvalue weighted by Crippen LogP contribution is -2.54. The van der Waals surface area contributed by atoms with E-state index in [4.69, 9.17) is 0 Å². The molecule has 4 amide bonds. The molecule has 4 rings (SSSR count). The largest absolute Gasteiger partial charge is 0.508 e. The van der Waals surface area contributed by atoms with Gasteiger partial charge in [-0.1, -0.05) is 15.9 Å². The minimum atomic E-state index is -0.784. The Hall–Kier alpha value is -3.65. The molecule has 0 saturated carbocycles. The van der Waals surface area contributed by atoms with E-state index in [0.29, 0.717) is 11.3 Å². The van der Waals surface area contributed by atoms with Crippen molar-refractivity contribution in [3.8, 4) is 11.4 Å². The first-order valence-electron chi connectivity index (χ1n) is 9.83. The first-order valence-corrected chi connectivity index (χ1v) is 10.6. The predicted octanol–water partition coefficient (Wildman–Crippen LogP) is 4.54. The standard InChI is InChI=1S/C24H20BrN3O4/c1-13-10-18(6-9-21(13)25)28-23(31)20(22(30)26-24(28)32)12-16-11-14(2)27(15(16)3)17-4-7-19(29)8-5-17/h4-12,29H,1-3H3,(H,26,30,32)/b20-12+. The molecule has 1 saturated heterocycles. The number of halogens is 1. The number of amides is 4. The highest BCUT2D eigenvalue weighted by Crippen LogP contribution is 2.28. The molecule has 0 aliphatic carbocycles. The van der Waals surface area contributed by atoms with Crippen molar-refractivity contribution in [2.24, 2.45) is 0 Å². The average Bonchev–Trinajstić information content (AvgIpc) is 3.01. The lowest BCUT2D eigenvalue weighted by molar-refractivity contribution is -0.122. The van der Waals surface area contributed by atoms with Gasteiger partial charge in [0.25, 0.3) is 11.8 Å². The summed E-state index contributed by atoms with van der Waals surface area (Å²) in [6, 6.07) is 12.9. The minimum Gasteiger partial charge on any atom is -0.508 e. The van der Waals surface area contributed by atoms with Crippen LogP contribution in [0.2, 0.25) is 0 Å². The maximum atomic E-state index is 13.2. The third-order valence-corrected chi connectivity index (χ3v) is 6.27. The molecule has 1 fully saturated rings. The van der Waals surface area contributed by atoms with Crippen LogP contribution in [0.25, 0.3) is 11.8 Å². The number of aromatic hydroxyl groups is 1. The number of phenols is 1. The van der Waals surface area contributed by atoms with Crippen molar-refractivity contribution in [3.63, 3.8) is 0 Å². The second-order valence-electron chi connectivity index (χ2n) is 7.57. The smallest absolute Gasteiger partial charge is 0.335 e. The molecule has 2 heterocycles. The van der Waals surface area contributed by atoms with Gasteiger partial charge < -0.3 is 9.67 Å². The van der Waals surface area contributed by atoms with Crippen molar-refractivity contribution in [1.29, 1.82) is 0 Å². The zero-order chi connectivity index (χ0) is 23.2. The number of barbiturate groups is 1. The van der Waals surface area contributed by atoms with E-state index in [-0.39, 0.29) is 11.3 Å². The van der Waals surface area contributed by atoms with E-state index in [1.807, 2.05) is 31.4 Å². The third kappa shape index (κ3) is 3.73. The first-order chi connectivity index (χ1) is 15.2. The fraction of sp³-hybridized carbons (Fsp3) is 0.125. The highest BCUT2D eigenvalue weighted by Gasteiger charge is 2.37. The Morgan fingerprint density at radius 1 is 0.938 bits per heavy atom. The van der Waals surface area contributed by atoms with Crippen LogP contribution in [-0.2, 0) is 9.59 Å². The number of carbonyl (C=O) groups excluding carboxylic acids is 3. The quantitative estimate of drug-likeness (QED) is 0.413. The van der Waals surface area contributed by atoms with Crippen molar-refractivity contribution >= 4 is 45.5 Å². The fourth-order valence-electron chi connectivity index (χ4n) is 3.75. The summed E-state index contributed by atoms with van der Waals surface area (Å²) in [5, 5.41) is 11.8. The number of carbonyl (C=O) groups is 3. The Morgan fingerprint density at radius 3 is 2.25 bits per heavy atom. The number of anilines is 1. The molecule has 0 atom stereocenters. The Morgan fingerprint density at radius 2 is 1.59 bits per heavy atom. The average molecular weight is 494 g/mol. The second kappa shape index (κ2) is 8.12. The van der Waals surface area contributed by atoms with E-state index in [2.05, 4.69) is 21.2 Å². The summed E-state index contributed by atoms with van der Waals surface area (Å²) >= 11 is 3.40. The van der Waals surface area contributed by atoms with Crippen LogP contribution in [0.3, 0.4) is 0 Å². The number of hydrogen-bond donors (Lipinski definition) is 2. The van der Waals surface area contributed by atoms with Gasteiger partial charge in [0.2, 0.25) is 0 Å². The molecule has 162 valence electrons. The molecule has 2 aromatic carbocycles. The van der Waals surface area contributed by atoms with Gasteiger partial charge in [-0.25, -0.2) is 9.69 Å². The van der Waals surface area contributed by atoms with Crippen LogP contribution in [0, 0.1) is 20.8 Å². The molecule has 0 bridgehead atoms. The molecule has 32 heavy (non-hydrogen) atoms. The van der Waals surface area contributed by atoms with Crippen molar-refractivity contribution in [1.82, 2.24) is 9.88 Å². The van der Waals surface area contributed by atoms with Gasteiger partial charge in [-0.15, -0.1) is 0 Å². The van der Waals surface area contributed by atoms with Gasteiger partial charge in [-0.05, 0) is 86.5 Å². The Labute approximate surface area is 193 Å². The van der Waals surface area contributed by atoms with E-state index < -0.39 is 17.8 Å². The normalized spacial score (nSPS) is 15.4. The Bertz CT molecular complexity index is 1310. The summed E-state index contributed by atoms with van der Waals surface area (Å²) < 4.78 is 2.80. The van der Waals surface area contributed by atoms with Gasteiger partial charge in [-0.3, -0.25) is 14.9 Å². The Kier molecular flexibility index (Phi) is 5.48. The number of hydrogen-bond acceptors (Lipinski definition) is 4. The van der Waals surface area contributed by atoms with Crippen molar-refractivity contribution in [2.45, 2.75) is 20.8 Å². The van der Waals surface area contributed by atoms with Gasteiger partial charge >= 0.3 is 6.03 Å². The number of nitrogens with one attached hydrogen (secondary N) is 1. The maximum absolute atomic E-state index is 13.2. The molecule has 1 aliphatic heterocycles. The monoisotopic (exact) mass is 493 g/mol. The van der Waals surface area contributed by atoms with Gasteiger partial charge in [0.15, 0.2) is 0 Å². The first kappa shape index (κ1) is 21.6. The number of phenolic OH excluding ortho intramolecular Hbond substituents is 1. The zero-order valence-corrected chi connectivity index (χ0v) is 19.2. The molecule has 8 heteroatoms. The fourth-order valence-corrected chi connectivity index (χ4v) is 3.99. The maximum Gasteiger partial charge on any atom is 0.335 e. The van der Waals surface area contributed by atoms with Crippen LogP contribution in [-0.4, -0.2) is 27.5 Å². The molecule has 2 N–H and O–H groups in total. The van der Waals surface area contributed by atoms with Crippen LogP contribution >= 0.6 is 15.9 Å². The van der Waals surface area contributed by atoms with Crippen LogP contribution in [0.15, 0.2) is 58.6 Å². The number of rotatable bonds is 3. The molecule has 1 aliphatic rings. The predicted molar refractivity (Wildman–Crippen MR) is 125 cm³/mol. The molecule has 3 aromatic rings. The van der Waals surface area contributed by atoms with Crippen LogP contribution < -0.4 is 10.2 Å². The van der Waals surface area contributed by atoms with Crippen LogP contribution in [0.5, 0.6) is 5.75 Å². The van der Waals surface area contributed by atoms with E-state index >= 15 is 0 Å². The molecule has 1 aromatic heterocycles. The number of nitrogens with zero attached hydrogens (tertiary/aromatic N) is 2. The summed E-state index contributed by atoms with van der Waals surface area (Å²) in [6.07, 6.45) is 1.50. The summed E-state index contributed by atoms with van der Waals surface area (Å²) in [4.78, 5) is 39.1. The lowest BCUT2D eigenvalue weighted by atomic mass is 10.1. The molecule has 7 nitrogen and oxygen atoms in total. The number of benzene rings is 2. The highest BCUT2D eigenvalue weighted by atomic mass is 79.9. The van der Waals surface area contributed by atoms with Crippen molar-refractivity contribution < 1.29 is 19.5 Å². The highest BCUT2D eigenvalue weighted by molar-refractivity contribution is 9.10.